The van der Waals surface area contributed by atoms with Crippen molar-refractivity contribution in [1.29, 1.82) is 0 Å². The van der Waals surface area contributed by atoms with Crippen molar-refractivity contribution in [3.63, 3.8) is 0 Å². The number of rotatable bonds is 5. The van der Waals surface area contributed by atoms with Gasteiger partial charge in [-0.1, -0.05) is 26.0 Å². The Morgan fingerprint density at radius 2 is 1.69 bits per heavy atom. The molecule has 3 aliphatic heterocycles. The van der Waals surface area contributed by atoms with Crippen molar-refractivity contribution in [2.24, 2.45) is 0 Å². The summed E-state index contributed by atoms with van der Waals surface area (Å²) in [7, 11) is 0. The number of hydrogen-bond donors (Lipinski definition) is 2. The van der Waals surface area contributed by atoms with Crippen LogP contribution in [-0.2, 0) is 16.1 Å². The molecule has 0 aliphatic carbocycles. The van der Waals surface area contributed by atoms with Crippen LogP contribution in [0.25, 0.3) is 0 Å². The van der Waals surface area contributed by atoms with Gasteiger partial charge in [0, 0.05) is 5.56 Å². The molecule has 2 amide bonds. The SMILES string of the molecule is CC(C)c1ccc(N2C(=O)C[C@@H]([NH+]3CC[NH+](Cc4ccc5c(c4)OCO5)CC3)C2=O)cc1. The minimum absolute atomic E-state index is 0.0542. The molecule has 2 saturated heterocycles. The van der Waals surface area contributed by atoms with Crippen molar-refractivity contribution in [2.45, 2.75) is 38.8 Å². The van der Waals surface area contributed by atoms with E-state index in [0.29, 0.717) is 24.8 Å². The summed E-state index contributed by atoms with van der Waals surface area (Å²) >= 11 is 0. The van der Waals surface area contributed by atoms with Gasteiger partial charge in [0.25, 0.3) is 5.91 Å². The van der Waals surface area contributed by atoms with E-state index in [9.17, 15) is 9.59 Å². The Bertz CT molecular complexity index is 1010. The predicted molar refractivity (Wildman–Crippen MR) is 119 cm³/mol. The first-order valence-corrected chi connectivity index (χ1v) is 11.5. The van der Waals surface area contributed by atoms with Crippen LogP contribution in [0.4, 0.5) is 5.69 Å². The lowest BCUT2D eigenvalue weighted by Gasteiger charge is -2.32. The van der Waals surface area contributed by atoms with E-state index in [1.165, 1.54) is 25.8 Å². The van der Waals surface area contributed by atoms with Crippen LogP contribution in [0.1, 0.15) is 37.3 Å². The maximum atomic E-state index is 13.2. The van der Waals surface area contributed by atoms with Gasteiger partial charge in [-0.05, 0) is 41.8 Å². The lowest BCUT2D eigenvalue weighted by atomic mass is 10.0. The number of ether oxygens (including phenoxy) is 2. The lowest BCUT2D eigenvalue weighted by molar-refractivity contribution is -1.02. The van der Waals surface area contributed by atoms with Gasteiger partial charge in [0.1, 0.15) is 32.7 Å². The van der Waals surface area contributed by atoms with E-state index in [2.05, 4.69) is 26.0 Å². The molecule has 3 heterocycles. The van der Waals surface area contributed by atoms with Crippen LogP contribution in [0.5, 0.6) is 11.5 Å². The fraction of sp³-hybridized carbons (Fsp3) is 0.440. The van der Waals surface area contributed by atoms with Crippen LogP contribution < -0.4 is 24.2 Å². The average molecular weight is 438 g/mol. The van der Waals surface area contributed by atoms with Gasteiger partial charge >= 0.3 is 0 Å². The normalized spacial score (nSPS) is 25.1. The zero-order valence-electron chi connectivity index (χ0n) is 18.7. The van der Waals surface area contributed by atoms with E-state index in [0.717, 1.165) is 44.2 Å². The van der Waals surface area contributed by atoms with Crippen molar-refractivity contribution in [3.05, 3.63) is 53.6 Å². The van der Waals surface area contributed by atoms with Gasteiger partial charge in [0.15, 0.2) is 17.5 Å². The number of benzene rings is 2. The number of nitrogens with one attached hydrogen (secondary N) is 2. The summed E-state index contributed by atoms with van der Waals surface area (Å²) in [5, 5.41) is 0. The molecular formula is C25H31N3O4+2. The van der Waals surface area contributed by atoms with Gasteiger partial charge in [-0.15, -0.1) is 0 Å². The van der Waals surface area contributed by atoms with Crippen molar-refractivity contribution in [3.8, 4) is 11.5 Å². The first-order chi connectivity index (χ1) is 15.5. The molecule has 7 nitrogen and oxygen atoms in total. The Morgan fingerprint density at radius 1 is 0.969 bits per heavy atom. The molecule has 168 valence electrons. The van der Waals surface area contributed by atoms with E-state index in [4.69, 9.17) is 9.47 Å². The number of anilines is 1. The second kappa shape index (κ2) is 8.56. The highest BCUT2D eigenvalue weighted by Gasteiger charge is 2.47. The summed E-state index contributed by atoms with van der Waals surface area (Å²) in [5.41, 5.74) is 3.13. The average Bonchev–Trinajstić information content (AvgIpc) is 3.38. The van der Waals surface area contributed by atoms with Gasteiger partial charge in [0.2, 0.25) is 12.7 Å². The van der Waals surface area contributed by atoms with Gasteiger partial charge in [-0.25, -0.2) is 4.90 Å². The largest absolute Gasteiger partial charge is 0.454 e. The monoisotopic (exact) mass is 437 g/mol. The fourth-order valence-electron chi connectivity index (χ4n) is 5.02. The van der Waals surface area contributed by atoms with Crippen molar-refractivity contribution in [2.75, 3.05) is 37.9 Å². The maximum absolute atomic E-state index is 13.2. The molecule has 7 heteroatoms. The van der Waals surface area contributed by atoms with E-state index in [-0.39, 0.29) is 17.9 Å². The number of quaternary nitrogens is 2. The number of imide groups is 1. The quantitative estimate of drug-likeness (QED) is 0.654. The third kappa shape index (κ3) is 3.98. The molecule has 2 fully saturated rings. The predicted octanol–water partition coefficient (Wildman–Crippen LogP) is 0.154. The topological polar surface area (TPSA) is 64.7 Å². The molecule has 0 bridgehead atoms. The molecule has 0 radical (unpaired) electrons. The molecule has 0 spiro atoms. The van der Waals surface area contributed by atoms with Crippen LogP contribution in [0, 0.1) is 0 Å². The van der Waals surface area contributed by atoms with Gasteiger partial charge < -0.3 is 19.3 Å². The number of fused-ring (bicyclic) bond motifs is 1. The van der Waals surface area contributed by atoms with Crippen molar-refractivity contribution in [1.82, 2.24) is 0 Å². The molecule has 0 aromatic heterocycles. The number of piperazine rings is 1. The molecule has 3 aliphatic rings. The summed E-state index contributed by atoms with van der Waals surface area (Å²) in [6.07, 6.45) is 0.303. The van der Waals surface area contributed by atoms with E-state index in [1.54, 1.807) is 0 Å². The van der Waals surface area contributed by atoms with Crippen molar-refractivity contribution >= 4 is 17.5 Å². The minimum atomic E-state index is -0.264. The Morgan fingerprint density at radius 3 is 2.41 bits per heavy atom. The van der Waals surface area contributed by atoms with E-state index < -0.39 is 0 Å². The molecule has 2 aromatic carbocycles. The smallest absolute Gasteiger partial charge is 0.292 e. The third-order valence-corrected chi connectivity index (χ3v) is 6.95. The summed E-state index contributed by atoms with van der Waals surface area (Å²) in [5.74, 6) is 1.91. The molecule has 0 saturated carbocycles. The van der Waals surface area contributed by atoms with Gasteiger partial charge in [0.05, 0.1) is 12.1 Å². The number of hydrogen-bond acceptors (Lipinski definition) is 4. The minimum Gasteiger partial charge on any atom is -0.454 e. The number of carbonyl (C=O) groups excluding carboxylic acids is 2. The summed E-state index contributed by atoms with van der Waals surface area (Å²) in [4.78, 5) is 30.0. The lowest BCUT2D eigenvalue weighted by Crippen LogP contribution is -3.29. The molecule has 2 aromatic rings. The maximum Gasteiger partial charge on any atom is 0.292 e. The second-order valence-electron chi connectivity index (χ2n) is 9.34. The van der Waals surface area contributed by atoms with Crippen LogP contribution >= 0.6 is 0 Å². The molecule has 5 rings (SSSR count). The van der Waals surface area contributed by atoms with E-state index >= 15 is 0 Å². The number of carbonyl (C=O) groups is 2. The van der Waals surface area contributed by atoms with E-state index in [1.807, 2.05) is 30.3 Å². The molecule has 2 N–H and O–H groups in total. The zero-order chi connectivity index (χ0) is 22.2. The molecular weight excluding hydrogens is 406 g/mol. The Kier molecular flexibility index (Phi) is 5.61. The highest BCUT2D eigenvalue weighted by Crippen LogP contribution is 2.32. The Hall–Kier alpha value is -2.90. The number of nitrogens with zero attached hydrogens (tertiary/aromatic N) is 1. The highest BCUT2D eigenvalue weighted by atomic mass is 16.7. The molecule has 1 atom stereocenters. The Labute approximate surface area is 188 Å². The second-order valence-corrected chi connectivity index (χ2v) is 9.34. The summed E-state index contributed by atoms with van der Waals surface area (Å²) < 4.78 is 10.9. The third-order valence-electron chi connectivity index (χ3n) is 6.95. The van der Waals surface area contributed by atoms with Crippen LogP contribution in [0.3, 0.4) is 0 Å². The fourth-order valence-corrected chi connectivity index (χ4v) is 5.02. The standard InChI is InChI=1S/C25H29N3O4/c1-17(2)19-4-6-20(7-5-19)28-24(29)14-21(25(28)30)27-11-9-26(10-12-27)15-18-3-8-22-23(13-18)32-16-31-22/h3-8,13,17,21H,9-12,14-16H2,1-2H3/p+2/t21-/m1/s1. The Balaban J connectivity index is 1.19. The molecule has 32 heavy (non-hydrogen) atoms. The summed E-state index contributed by atoms with van der Waals surface area (Å²) in [6, 6.07) is 13.7. The first kappa shape index (κ1) is 21.0. The van der Waals surface area contributed by atoms with Crippen LogP contribution in [0.15, 0.2) is 42.5 Å². The van der Waals surface area contributed by atoms with Gasteiger partial charge in [-0.3, -0.25) is 9.59 Å². The van der Waals surface area contributed by atoms with Crippen LogP contribution in [0.2, 0.25) is 0 Å². The van der Waals surface area contributed by atoms with Gasteiger partial charge in [-0.2, -0.15) is 0 Å². The highest BCUT2D eigenvalue weighted by molar-refractivity contribution is 6.21. The first-order valence-electron chi connectivity index (χ1n) is 11.5. The van der Waals surface area contributed by atoms with Crippen LogP contribution in [-0.4, -0.2) is 50.8 Å². The van der Waals surface area contributed by atoms with Crippen molar-refractivity contribution < 1.29 is 28.9 Å². The number of amides is 2. The molecule has 0 unspecified atom stereocenters. The zero-order valence-corrected chi connectivity index (χ0v) is 18.7. The summed E-state index contributed by atoms with van der Waals surface area (Å²) in [6.45, 7) is 9.23.